The Balaban J connectivity index is 2.14. The number of likely N-dealkylation sites (tertiary alicyclic amines) is 1. The zero-order chi connectivity index (χ0) is 9.84. The first kappa shape index (κ1) is 10.0. The Bertz CT molecular complexity index is 210. The van der Waals surface area contributed by atoms with Gasteiger partial charge in [0.15, 0.2) is 0 Å². The SMILES string of the molecule is CCCC(=O)NC1CN(C(C)=O)C1. The van der Waals surface area contributed by atoms with Gasteiger partial charge >= 0.3 is 0 Å². The van der Waals surface area contributed by atoms with E-state index in [2.05, 4.69) is 5.32 Å². The molecule has 0 aromatic carbocycles. The Morgan fingerprint density at radius 1 is 1.46 bits per heavy atom. The highest BCUT2D eigenvalue weighted by atomic mass is 16.2. The second-order valence-electron chi connectivity index (χ2n) is 3.44. The molecule has 1 N–H and O–H groups in total. The fourth-order valence-corrected chi connectivity index (χ4v) is 1.35. The lowest BCUT2D eigenvalue weighted by molar-refractivity contribution is -0.135. The number of hydrogen-bond acceptors (Lipinski definition) is 2. The van der Waals surface area contributed by atoms with Crippen LogP contribution in [0.5, 0.6) is 0 Å². The number of nitrogens with one attached hydrogen (secondary N) is 1. The van der Waals surface area contributed by atoms with Crippen molar-refractivity contribution in [2.75, 3.05) is 13.1 Å². The lowest BCUT2D eigenvalue weighted by atomic mass is 10.1. The van der Waals surface area contributed by atoms with Gasteiger partial charge in [-0.15, -0.1) is 0 Å². The predicted molar refractivity (Wildman–Crippen MR) is 49.1 cm³/mol. The van der Waals surface area contributed by atoms with E-state index in [1.165, 1.54) is 0 Å². The van der Waals surface area contributed by atoms with Crippen molar-refractivity contribution in [2.45, 2.75) is 32.7 Å². The minimum Gasteiger partial charge on any atom is -0.350 e. The highest BCUT2D eigenvalue weighted by molar-refractivity contribution is 5.78. The molecule has 1 rings (SSSR count). The molecule has 1 aliphatic heterocycles. The number of carbonyl (C=O) groups excluding carboxylic acids is 2. The van der Waals surface area contributed by atoms with Crippen molar-refractivity contribution in [1.82, 2.24) is 10.2 Å². The Hall–Kier alpha value is -1.06. The van der Waals surface area contributed by atoms with E-state index >= 15 is 0 Å². The molecule has 0 aromatic rings. The van der Waals surface area contributed by atoms with Gasteiger partial charge in [-0.1, -0.05) is 6.92 Å². The van der Waals surface area contributed by atoms with Crippen LogP contribution in [0.3, 0.4) is 0 Å². The van der Waals surface area contributed by atoms with E-state index in [4.69, 9.17) is 0 Å². The van der Waals surface area contributed by atoms with Gasteiger partial charge in [0.1, 0.15) is 0 Å². The molecular weight excluding hydrogens is 168 g/mol. The summed E-state index contributed by atoms with van der Waals surface area (Å²) in [6, 6.07) is 0.183. The molecular formula is C9H16N2O2. The van der Waals surface area contributed by atoms with Gasteiger partial charge in [-0.25, -0.2) is 0 Å². The molecule has 0 aromatic heterocycles. The molecule has 1 fully saturated rings. The quantitative estimate of drug-likeness (QED) is 0.678. The van der Waals surface area contributed by atoms with Crippen LogP contribution in [0.15, 0.2) is 0 Å². The van der Waals surface area contributed by atoms with Crippen molar-refractivity contribution in [3.8, 4) is 0 Å². The number of nitrogens with zero attached hydrogens (tertiary/aromatic N) is 1. The summed E-state index contributed by atoms with van der Waals surface area (Å²) in [5.74, 6) is 0.177. The molecule has 0 bridgehead atoms. The minimum absolute atomic E-state index is 0.0843. The fraction of sp³-hybridized carbons (Fsp3) is 0.778. The average Bonchev–Trinajstić information content (AvgIpc) is 1.95. The molecule has 1 heterocycles. The molecule has 1 aliphatic rings. The van der Waals surface area contributed by atoms with Gasteiger partial charge in [0.25, 0.3) is 0 Å². The first-order valence-electron chi connectivity index (χ1n) is 4.68. The van der Waals surface area contributed by atoms with Crippen LogP contribution in [-0.4, -0.2) is 35.8 Å². The van der Waals surface area contributed by atoms with Crippen molar-refractivity contribution in [1.29, 1.82) is 0 Å². The molecule has 1 saturated heterocycles. The van der Waals surface area contributed by atoms with E-state index in [0.717, 1.165) is 6.42 Å². The third-order valence-corrected chi connectivity index (χ3v) is 2.17. The Kier molecular flexibility index (Phi) is 3.28. The molecule has 4 heteroatoms. The second kappa shape index (κ2) is 4.25. The maximum absolute atomic E-state index is 11.1. The first-order valence-corrected chi connectivity index (χ1v) is 4.68. The summed E-state index contributed by atoms with van der Waals surface area (Å²) >= 11 is 0. The molecule has 4 nitrogen and oxygen atoms in total. The van der Waals surface area contributed by atoms with E-state index in [9.17, 15) is 9.59 Å². The van der Waals surface area contributed by atoms with Crippen LogP contribution in [0.1, 0.15) is 26.7 Å². The number of rotatable bonds is 3. The van der Waals surface area contributed by atoms with Crippen LogP contribution in [0.4, 0.5) is 0 Å². The van der Waals surface area contributed by atoms with Crippen LogP contribution in [0.2, 0.25) is 0 Å². The van der Waals surface area contributed by atoms with Gasteiger partial charge in [0, 0.05) is 26.4 Å². The van der Waals surface area contributed by atoms with Crippen LogP contribution in [0, 0.1) is 0 Å². The maximum atomic E-state index is 11.1. The zero-order valence-corrected chi connectivity index (χ0v) is 8.17. The van der Waals surface area contributed by atoms with E-state index in [-0.39, 0.29) is 17.9 Å². The molecule has 0 unspecified atom stereocenters. The molecule has 0 atom stereocenters. The van der Waals surface area contributed by atoms with Gasteiger partial charge in [0.05, 0.1) is 6.04 Å². The topological polar surface area (TPSA) is 49.4 Å². The van der Waals surface area contributed by atoms with Crippen molar-refractivity contribution < 1.29 is 9.59 Å². The summed E-state index contributed by atoms with van der Waals surface area (Å²) in [4.78, 5) is 23.6. The number of carbonyl (C=O) groups is 2. The summed E-state index contributed by atoms with van der Waals surface area (Å²) in [5, 5.41) is 2.87. The molecule has 2 amide bonds. The van der Waals surface area contributed by atoms with Crippen LogP contribution >= 0.6 is 0 Å². The van der Waals surface area contributed by atoms with Gasteiger partial charge in [-0.05, 0) is 6.42 Å². The largest absolute Gasteiger partial charge is 0.350 e. The molecule has 0 saturated carbocycles. The summed E-state index contributed by atoms with van der Waals surface area (Å²) in [7, 11) is 0. The second-order valence-corrected chi connectivity index (χ2v) is 3.44. The standard InChI is InChI=1S/C9H16N2O2/c1-3-4-9(13)10-8-5-11(6-8)7(2)12/h8H,3-6H2,1-2H3,(H,10,13). The number of amides is 2. The molecule has 74 valence electrons. The van der Waals surface area contributed by atoms with Crippen molar-refractivity contribution in [2.24, 2.45) is 0 Å². The Morgan fingerprint density at radius 2 is 2.08 bits per heavy atom. The molecule has 13 heavy (non-hydrogen) atoms. The molecule has 0 aliphatic carbocycles. The summed E-state index contributed by atoms with van der Waals surface area (Å²) in [6.07, 6.45) is 1.45. The zero-order valence-electron chi connectivity index (χ0n) is 8.17. The van der Waals surface area contributed by atoms with Crippen LogP contribution in [0.25, 0.3) is 0 Å². The lowest BCUT2D eigenvalue weighted by Gasteiger charge is -2.38. The summed E-state index contributed by atoms with van der Waals surface area (Å²) in [6.45, 7) is 4.86. The number of hydrogen-bond donors (Lipinski definition) is 1. The maximum Gasteiger partial charge on any atom is 0.220 e. The van der Waals surface area contributed by atoms with Crippen molar-refractivity contribution in [3.05, 3.63) is 0 Å². The third kappa shape index (κ3) is 2.72. The van der Waals surface area contributed by atoms with E-state index < -0.39 is 0 Å². The third-order valence-electron chi connectivity index (χ3n) is 2.17. The van der Waals surface area contributed by atoms with E-state index in [1.54, 1.807) is 11.8 Å². The monoisotopic (exact) mass is 184 g/mol. The summed E-state index contributed by atoms with van der Waals surface area (Å²) in [5.41, 5.74) is 0. The summed E-state index contributed by atoms with van der Waals surface area (Å²) < 4.78 is 0. The Labute approximate surface area is 78.3 Å². The van der Waals surface area contributed by atoms with Crippen LogP contribution < -0.4 is 5.32 Å². The lowest BCUT2D eigenvalue weighted by Crippen LogP contribution is -2.60. The van der Waals surface area contributed by atoms with Gasteiger partial charge < -0.3 is 10.2 Å². The molecule has 0 radical (unpaired) electrons. The Morgan fingerprint density at radius 3 is 2.54 bits per heavy atom. The van der Waals surface area contributed by atoms with Gasteiger partial charge in [0.2, 0.25) is 11.8 Å². The minimum atomic E-state index is 0.0843. The van der Waals surface area contributed by atoms with Crippen LogP contribution in [-0.2, 0) is 9.59 Å². The van der Waals surface area contributed by atoms with Gasteiger partial charge in [-0.3, -0.25) is 9.59 Å². The van der Waals surface area contributed by atoms with Crippen molar-refractivity contribution >= 4 is 11.8 Å². The highest BCUT2D eigenvalue weighted by Crippen LogP contribution is 2.07. The van der Waals surface area contributed by atoms with Gasteiger partial charge in [-0.2, -0.15) is 0 Å². The normalized spacial score (nSPS) is 16.6. The van der Waals surface area contributed by atoms with E-state index in [1.807, 2.05) is 6.92 Å². The average molecular weight is 184 g/mol. The highest BCUT2D eigenvalue weighted by Gasteiger charge is 2.29. The van der Waals surface area contributed by atoms with Crippen molar-refractivity contribution in [3.63, 3.8) is 0 Å². The van der Waals surface area contributed by atoms with E-state index in [0.29, 0.717) is 19.5 Å². The fourth-order valence-electron chi connectivity index (χ4n) is 1.35. The smallest absolute Gasteiger partial charge is 0.220 e. The first-order chi connectivity index (χ1) is 6.13. The predicted octanol–water partition coefficient (Wildman–Crippen LogP) is 0.133. The molecule has 0 spiro atoms.